The molecule has 1 aliphatic rings. The van der Waals surface area contributed by atoms with Crippen LogP contribution in [0.2, 0.25) is 0 Å². The Kier molecular flexibility index (Phi) is 4.40. The van der Waals surface area contributed by atoms with Crippen LogP contribution < -0.4 is 0 Å². The van der Waals surface area contributed by atoms with Crippen molar-refractivity contribution >= 4 is 11.8 Å². The van der Waals surface area contributed by atoms with Gasteiger partial charge in [-0.3, -0.25) is 0 Å². The van der Waals surface area contributed by atoms with E-state index < -0.39 is 0 Å². The molecule has 3 aromatic rings. The quantitative estimate of drug-likeness (QED) is 0.472. The van der Waals surface area contributed by atoms with Crippen molar-refractivity contribution in [2.45, 2.75) is 43.1 Å². The molecule has 2 aromatic heterocycles. The fraction of sp³-hybridized carbons (Fsp3) is 0.333. The van der Waals surface area contributed by atoms with Gasteiger partial charge in [-0.2, -0.15) is 4.98 Å². The molecule has 6 nitrogen and oxygen atoms in total. The summed E-state index contributed by atoms with van der Waals surface area (Å²) < 4.78 is 7.54. The Balaban J connectivity index is 1.49. The zero-order chi connectivity index (χ0) is 17.2. The second kappa shape index (κ2) is 6.84. The van der Waals surface area contributed by atoms with Crippen LogP contribution in [0.3, 0.4) is 0 Å². The molecule has 0 saturated heterocycles. The molecule has 0 atom stereocenters. The highest BCUT2D eigenvalue weighted by molar-refractivity contribution is 7.98. The van der Waals surface area contributed by atoms with Crippen molar-refractivity contribution in [1.82, 2.24) is 24.9 Å². The minimum atomic E-state index is 0.554. The van der Waals surface area contributed by atoms with Crippen molar-refractivity contribution in [3.63, 3.8) is 0 Å². The van der Waals surface area contributed by atoms with Crippen LogP contribution >= 0.6 is 11.8 Å². The third-order valence-corrected chi connectivity index (χ3v) is 5.13. The second-order valence-electron chi connectivity index (χ2n) is 6.13. The Bertz CT molecular complexity index is 897. The lowest BCUT2D eigenvalue weighted by atomic mass is 10.1. The number of rotatable bonds is 7. The topological polar surface area (TPSA) is 69.6 Å². The van der Waals surface area contributed by atoms with Crippen LogP contribution in [0, 0.1) is 6.92 Å². The molecule has 1 aliphatic carbocycles. The fourth-order valence-corrected chi connectivity index (χ4v) is 3.52. The second-order valence-corrected chi connectivity index (χ2v) is 7.07. The molecule has 25 heavy (non-hydrogen) atoms. The molecule has 4 rings (SSSR count). The number of aryl methyl sites for hydroxylation is 1. The lowest BCUT2D eigenvalue weighted by Crippen LogP contribution is -2.02. The van der Waals surface area contributed by atoms with Crippen LogP contribution in [0.1, 0.15) is 36.0 Å². The Morgan fingerprint density at radius 1 is 1.32 bits per heavy atom. The summed E-state index contributed by atoms with van der Waals surface area (Å²) in [6, 6.07) is 8.01. The van der Waals surface area contributed by atoms with E-state index in [-0.39, 0.29) is 0 Å². The van der Waals surface area contributed by atoms with Crippen LogP contribution in [-0.2, 0) is 12.3 Å². The Labute approximate surface area is 150 Å². The summed E-state index contributed by atoms with van der Waals surface area (Å²) in [5, 5.41) is 13.7. The normalized spacial score (nSPS) is 14.0. The van der Waals surface area contributed by atoms with Crippen molar-refractivity contribution in [3.8, 4) is 11.4 Å². The molecule has 0 spiro atoms. The molecule has 7 heteroatoms. The number of allylic oxidation sites excluding steroid dienone is 1. The summed E-state index contributed by atoms with van der Waals surface area (Å²) in [6.45, 7) is 6.60. The first kappa shape index (κ1) is 16.1. The van der Waals surface area contributed by atoms with Crippen LogP contribution in [-0.4, -0.2) is 24.9 Å². The van der Waals surface area contributed by atoms with Gasteiger partial charge in [0.2, 0.25) is 11.7 Å². The van der Waals surface area contributed by atoms with Crippen molar-refractivity contribution in [2.24, 2.45) is 0 Å². The summed E-state index contributed by atoms with van der Waals surface area (Å²) in [6.07, 6.45) is 4.27. The molecule has 1 fully saturated rings. The molecule has 0 bridgehead atoms. The van der Waals surface area contributed by atoms with Crippen LogP contribution in [0.5, 0.6) is 0 Å². The summed E-state index contributed by atoms with van der Waals surface area (Å²) in [4.78, 5) is 4.51. The zero-order valence-corrected chi connectivity index (χ0v) is 14.9. The third kappa shape index (κ3) is 3.37. The molecule has 1 aromatic carbocycles. The lowest BCUT2D eigenvalue weighted by molar-refractivity contribution is 0.391. The molecular formula is C18H19N5OS. The van der Waals surface area contributed by atoms with Gasteiger partial charge in [-0.15, -0.1) is 16.8 Å². The van der Waals surface area contributed by atoms with Gasteiger partial charge in [0.15, 0.2) is 5.16 Å². The number of aromatic nitrogens is 5. The predicted molar refractivity (Wildman–Crippen MR) is 96.2 cm³/mol. The largest absolute Gasteiger partial charge is 0.338 e. The van der Waals surface area contributed by atoms with Crippen LogP contribution in [0.15, 0.2) is 46.6 Å². The number of hydrogen-bond acceptors (Lipinski definition) is 6. The van der Waals surface area contributed by atoms with E-state index in [2.05, 4.69) is 31.5 Å². The first-order valence-corrected chi connectivity index (χ1v) is 9.30. The van der Waals surface area contributed by atoms with Gasteiger partial charge in [-0.05, 0) is 25.3 Å². The smallest absolute Gasteiger partial charge is 0.237 e. The number of benzene rings is 1. The molecular weight excluding hydrogens is 334 g/mol. The average Bonchev–Trinajstić information content (AvgIpc) is 3.22. The number of hydrogen-bond donors (Lipinski definition) is 0. The molecule has 1 saturated carbocycles. The Morgan fingerprint density at radius 3 is 2.92 bits per heavy atom. The van der Waals surface area contributed by atoms with Gasteiger partial charge in [0, 0.05) is 18.0 Å². The molecule has 0 unspecified atom stereocenters. The first-order chi connectivity index (χ1) is 12.3. The highest BCUT2D eigenvalue weighted by Crippen LogP contribution is 2.40. The van der Waals surface area contributed by atoms with Crippen molar-refractivity contribution in [1.29, 1.82) is 0 Å². The van der Waals surface area contributed by atoms with E-state index in [4.69, 9.17) is 4.52 Å². The summed E-state index contributed by atoms with van der Waals surface area (Å²) >= 11 is 1.56. The van der Waals surface area contributed by atoms with E-state index in [1.807, 2.05) is 37.3 Å². The Morgan fingerprint density at radius 2 is 2.16 bits per heavy atom. The van der Waals surface area contributed by atoms with E-state index in [0.717, 1.165) is 28.7 Å². The summed E-state index contributed by atoms with van der Waals surface area (Å²) in [5.41, 5.74) is 2.12. The number of thioether (sulfide) groups is 1. The van der Waals surface area contributed by atoms with Crippen molar-refractivity contribution in [3.05, 3.63) is 54.2 Å². The monoisotopic (exact) mass is 353 g/mol. The van der Waals surface area contributed by atoms with Gasteiger partial charge >= 0.3 is 0 Å². The molecule has 0 N–H and O–H groups in total. The van der Waals surface area contributed by atoms with Gasteiger partial charge in [-0.1, -0.05) is 47.3 Å². The van der Waals surface area contributed by atoms with Gasteiger partial charge < -0.3 is 9.09 Å². The Hall–Kier alpha value is -2.41. The minimum absolute atomic E-state index is 0.554. The van der Waals surface area contributed by atoms with E-state index in [1.54, 1.807) is 11.8 Å². The van der Waals surface area contributed by atoms with Gasteiger partial charge in [0.25, 0.3) is 0 Å². The average molecular weight is 353 g/mol. The minimum Gasteiger partial charge on any atom is -0.338 e. The first-order valence-electron chi connectivity index (χ1n) is 8.31. The summed E-state index contributed by atoms with van der Waals surface area (Å²) in [7, 11) is 0. The van der Waals surface area contributed by atoms with Crippen LogP contribution in [0.25, 0.3) is 11.4 Å². The third-order valence-electron chi connectivity index (χ3n) is 4.18. The summed E-state index contributed by atoms with van der Waals surface area (Å²) in [5.74, 6) is 3.40. The molecule has 128 valence electrons. The van der Waals surface area contributed by atoms with E-state index >= 15 is 0 Å². The maximum Gasteiger partial charge on any atom is 0.237 e. The van der Waals surface area contributed by atoms with Gasteiger partial charge in [0.05, 0.1) is 5.75 Å². The molecule has 0 aliphatic heterocycles. The zero-order valence-electron chi connectivity index (χ0n) is 14.1. The van der Waals surface area contributed by atoms with Crippen molar-refractivity contribution in [2.75, 3.05) is 0 Å². The molecule has 0 amide bonds. The molecule has 0 radical (unpaired) electrons. The SMILES string of the molecule is C=CCn1c(SCc2nc(-c3ccccc3C)no2)nnc1C1CC1. The maximum atomic E-state index is 5.40. The highest BCUT2D eigenvalue weighted by atomic mass is 32.2. The van der Waals surface area contributed by atoms with Gasteiger partial charge in [-0.25, -0.2) is 0 Å². The van der Waals surface area contributed by atoms with E-state index in [9.17, 15) is 0 Å². The van der Waals surface area contributed by atoms with E-state index in [1.165, 1.54) is 12.8 Å². The highest BCUT2D eigenvalue weighted by Gasteiger charge is 2.30. The fourth-order valence-electron chi connectivity index (χ4n) is 2.72. The van der Waals surface area contributed by atoms with Gasteiger partial charge in [0.1, 0.15) is 5.82 Å². The number of nitrogens with zero attached hydrogens (tertiary/aromatic N) is 5. The van der Waals surface area contributed by atoms with E-state index in [0.29, 0.717) is 23.4 Å². The molecule has 2 heterocycles. The van der Waals surface area contributed by atoms with Crippen molar-refractivity contribution < 1.29 is 4.52 Å². The predicted octanol–water partition coefficient (Wildman–Crippen LogP) is 3.99. The van der Waals surface area contributed by atoms with Crippen LogP contribution in [0.4, 0.5) is 0 Å². The maximum absolute atomic E-state index is 5.40. The lowest BCUT2D eigenvalue weighted by Gasteiger charge is -2.05. The standard InChI is InChI=1S/C18H19N5OS/c1-3-10-23-17(13-8-9-13)20-21-18(23)25-11-15-19-16(22-24-15)14-7-5-4-6-12(14)2/h3-7,13H,1,8-11H2,2H3.